The maximum absolute atomic E-state index is 12.9. The highest BCUT2D eigenvalue weighted by Crippen LogP contribution is 2.37. The first-order valence-electron chi connectivity index (χ1n) is 8.92. The van der Waals surface area contributed by atoms with E-state index in [1.54, 1.807) is 18.2 Å². The lowest BCUT2D eigenvalue weighted by Gasteiger charge is -2.43. The number of non-ortho nitro benzene ring substituents is 1. The van der Waals surface area contributed by atoms with Crippen molar-refractivity contribution < 1.29 is 9.72 Å². The summed E-state index contributed by atoms with van der Waals surface area (Å²) in [6.45, 7) is 1.49. The Kier molecular flexibility index (Phi) is 4.03. The molecule has 0 atom stereocenters. The van der Waals surface area contributed by atoms with Gasteiger partial charge in [-0.1, -0.05) is 24.6 Å². The second-order valence-corrected chi connectivity index (χ2v) is 6.83. The van der Waals surface area contributed by atoms with Gasteiger partial charge in [-0.05, 0) is 37.8 Å². The summed E-state index contributed by atoms with van der Waals surface area (Å²) in [6.07, 6.45) is 5.10. The third-order valence-electron chi connectivity index (χ3n) is 5.34. The van der Waals surface area contributed by atoms with Gasteiger partial charge in [-0.25, -0.2) is 0 Å². The van der Waals surface area contributed by atoms with E-state index in [2.05, 4.69) is 0 Å². The SMILES string of the molecule is O=C(C1CCC1)N1CCCCN1c1ccc([N+](=O)[O-])c2ccccc12. The highest BCUT2D eigenvalue weighted by Gasteiger charge is 2.34. The molecule has 6 heteroatoms. The molecule has 4 rings (SSSR count). The normalized spacial score (nSPS) is 18.2. The van der Waals surface area contributed by atoms with Crippen molar-refractivity contribution in [3.8, 4) is 0 Å². The molecule has 6 nitrogen and oxygen atoms in total. The molecule has 130 valence electrons. The van der Waals surface area contributed by atoms with Crippen LogP contribution < -0.4 is 5.01 Å². The van der Waals surface area contributed by atoms with Crippen molar-refractivity contribution in [3.63, 3.8) is 0 Å². The molecule has 1 heterocycles. The fourth-order valence-electron chi connectivity index (χ4n) is 3.76. The van der Waals surface area contributed by atoms with Crippen LogP contribution in [0.1, 0.15) is 32.1 Å². The zero-order chi connectivity index (χ0) is 17.4. The van der Waals surface area contributed by atoms with Crippen LogP contribution >= 0.6 is 0 Å². The molecule has 0 unspecified atom stereocenters. The van der Waals surface area contributed by atoms with E-state index in [4.69, 9.17) is 0 Å². The van der Waals surface area contributed by atoms with E-state index in [-0.39, 0.29) is 22.4 Å². The Bertz CT molecular complexity index is 832. The zero-order valence-corrected chi connectivity index (χ0v) is 14.1. The number of rotatable bonds is 3. The van der Waals surface area contributed by atoms with Gasteiger partial charge in [0.05, 0.1) is 16.0 Å². The van der Waals surface area contributed by atoms with Crippen LogP contribution in [0.25, 0.3) is 10.8 Å². The lowest BCUT2D eigenvalue weighted by molar-refractivity contribution is -0.383. The molecule has 0 N–H and O–H groups in total. The molecule has 2 aliphatic rings. The van der Waals surface area contributed by atoms with Gasteiger partial charge >= 0.3 is 0 Å². The first-order valence-corrected chi connectivity index (χ1v) is 8.92. The number of hydrogen-bond donors (Lipinski definition) is 0. The molecule has 1 amide bonds. The Hall–Kier alpha value is -2.63. The van der Waals surface area contributed by atoms with Gasteiger partial charge < -0.3 is 0 Å². The molecule has 0 spiro atoms. The van der Waals surface area contributed by atoms with Gasteiger partial charge in [0, 0.05) is 30.5 Å². The van der Waals surface area contributed by atoms with Crippen LogP contribution in [0, 0.1) is 16.0 Å². The second kappa shape index (κ2) is 6.35. The standard InChI is InChI=1S/C19H21N3O3/c23-19(14-6-5-7-14)21-13-4-3-12-20(21)17-10-11-18(22(24)25)16-9-2-1-8-15(16)17/h1-2,8-11,14H,3-7,12-13H2. The molecule has 2 aromatic carbocycles. The fourth-order valence-corrected chi connectivity index (χ4v) is 3.76. The van der Waals surface area contributed by atoms with Crippen molar-refractivity contribution in [3.05, 3.63) is 46.5 Å². The number of carbonyl (C=O) groups excluding carboxylic acids is 1. The molecule has 2 fully saturated rings. The number of hydrogen-bond acceptors (Lipinski definition) is 4. The van der Waals surface area contributed by atoms with Crippen LogP contribution in [0.3, 0.4) is 0 Å². The van der Waals surface area contributed by atoms with Crippen LogP contribution in [0.4, 0.5) is 11.4 Å². The lowest BCUT2D eigenvalue weighted by Crippen LogP contribution is -2.53. The van der Waals surface area contributed by atoms with Gasteiger partial charge in [0.25, 0.3) is 5.69 Å². The molecule has 1 saturated carbocycles. The average Bonchev–Trinajstić information content (AvgIpc) is 2.59. The van der Waals surface area contributed by atoms with Crippen molar-refractivity contribution in [2.45, 2.75) is 32.1 Å². The van der Waals surface area contributed by atoms with Crippen LogP contribution in [-0.2, 0) is 4.79 Å². The number of nitrogens with zero attached hydrogens (tertiary/aromatic N) is 3. The number of anilines is 1. The Labute approximate surface area is 146 Å². The summed E-state index contributed by atoms with van der Waals surface area (Å²) < 4.78 is 0. The zero-order valence-electron chi connectivity index (χ0n) is 14.1. The minimum absolute atomic E-state index is 0.105. The Morgan fingerprint density at radius 1 is 1.00 bits per heavy atom. The third-order valence-corrected chi connectivity index (χ3v) is 5.34. The minimum atomic E-state index is -0.348. The Morgan fingerprint density at radius 3 is 2.40 bits per heavy atom. The quantitative estimate of drug-likeness (QED) is 0.628. The number of nitro groups is 1. The smallest absolute Gasteiger partial charge is 0.277 e. The van der Waals surface area contributed by atoms with Gasteiger partial charge in [0.1, 0.15) is 0 Å². The van der Waals surface area contributed by atoms with Gasteiger partial charge in [-0.15, -0.1) is 0 Å². The van der Waals surface area contributed by atoms with Crippen molar-refractivity contribution in [2.75, 3.05) is 18.1 Å². The summed E-state index contributed by atoms with van der Waals surface area (Å²) in [5, 5.41) is 16.7. The highest BCUT2D eigenvalue weighted by atomic mass is 16.6. The molecule has 25 heavy (non-hydrogen) atoms. The Balaban J connectivity index is 1.78. The van der Waals surface area contributed by atoms with E-state index in [1.807, 2.05) is 28.2 Å². The number of amides is 1. The van der Waals surface area contributed by atoms with E-state index in [0.29, 0.717) is 5.39 Å². The monoisotopic (exact) mass is 339 g/mol. The number of carbonyl (C=O) groups is 1. The minimum Gasteiger partial charge on any atom is -0.282 e. The first-order chi connectivity index (χ1) is 12.2. The van der Waals surface area contributed by atoms with Gasteiger partial charge in [-0.2, -0.15) is 0 Å². The summed E-state index contributed by atoms with van der Waals surface area (Å²) in [5.41, 5.74) is 0.988. The second-order valence-electron chi connectivity index (χ2n) is 6.83. The Morgan fingerprint density at radius 2 is 1.72 bits per heavy atom. The largest absolute Gasteiger partial charge is 0.282 e. The van der Waals surface area contributed by atoms with E-state index in [1.165, 1.54) is 0 Å². The van der Waals surface area contributed by atoms with Gasteiger partial charge in [-0.3, -0.25) is 24.9 Å². The molecule has 2 aromatic rings. The van der Waals surface area contributed by atoms with Crippen molar-refractivity contribution in [1.82, 2.24) is 5.01 Å². The summed E-state index contributed by atoms with van der Waals surface area (Å²) >= 11 is 0. The van der Waals surface area contributed by atoms with E-state index < -0.39 is 0 Å². The number of benzene rings is 2. The van der Waals surface area contributed by atoms with Crippen LogP contribution in [0.2, 0.25) is 0 Å². The van der Waals surface area contributed by atoms with Gasteiger partial charge in [0.15, 0.2) is 0 Å². The first kappa shape index (κ1) is 15.9. The maximum Gasteiger partial charge on any atom is 0.277 e. The molecule has 1 aliphatic carbocycles. The van der Waals surface area contributed by atoms with Crippen LogP contribution in [-0.4, -0.2) is 28.9 Å². The topological polar surface area (TPSA) is 66.7 Å². The summed E-state index contributed by atoms with van der Waals surface area (Å²) in [7, 11) is 0. The van der Waals surface area contributed by atoms with Crippen molar-refractivity contribution in [1.29, 1.82) is 0 Å². The molecular weight excluding hydrogens is 318 g/mol. The molecule has 0 bridgehead atoms. The maximum atomic E-state index is 12.9. The number of hydrazine groups is 1. The highest BCUT2D eigenvalue weighted by molar-refractivity contribution is 6.00. The van der Waals surface area contributed by atoms with E-state index in [0.717, 1.165) is 56.3 Å². The van der Waals surface area contributed by atoms with E-state index >= 15 is 0 Å². The summed E-state index contributed by atoms with van der Waals surface area (Å²) in [5.74, 6) is 0.346. The van der Waals surface area contributed by atoms with Crippen molar-refractivity contribution >= 4 is 28.1 Å². The third kappa shape index (κ3) is 2.71. The van der Waals surface area contributed by atoms with Crippen LogP contribution in [0.15, 0.2) is 36.4 Å². The molecule has 1 saturated heterocycles. The fraction of sp³-hybridized carbons (Fsp3) is 0.421. The van der Waals surface area contributed by atoms with Crippen LogP contribution in [0.5, 0.6) is 0 Å². The lowest BCUT2D eigenvalue weighted by atomic mass is 9.84. The molecule has 0 radical (unpaired) electrons. The molecule has 1 aliphatic heterocycles. The number of nitro benzene ring substituents is 1. The molecule has 0 aromatic heterocycles. The predicted molar refractivity (Wildman–Crippen MR) is 96.2 cm³/mol. The summed E-state index contributed by atoms with van der Waals surface area (Å²) in [6, 6.07) is 10.7. The summed E-state index contributed by atoms with van der Waals surface area (Å²) in [4.78, 5) is 23.8. The van der Waals surface area contributed by atoms with E-state index in [9.17, 15) is 14.9 Å². The average molecular weight is 339 g/mol. The number of fused-ring (bicyclic) bond motifs is 1. The van der Waals surface area contributed by atoms with Gasteiger partial charge in [0.2, 0.25) is 5.91 Å². The predicted octanol–water partition coefficient (Wildman–Crippen LogP) is 3.89. The molecular formula is C19H21N3O3. The van der Waals surface area contributed by atoms with Crippen molar-refractivity contribution in [2.24, 2.45) is 5.92 Å².